The molecule has 0 atom stereocenters. The van der Waals surface area contributed by atoms with Crippen LogP contribution in [0.5, 0.6) is 0 Å². The first kappa shape index (κ1) is 17.7. The van der Waals surface area contributed by atoms with Crippen LogP contribution < -0.4 is 10.9 Å². The maximum Gasteiger partial charge on any atom is 0.285 e. The summed E-state index contributed by atoms with van der Waals surface area (Å²) in [6.07, 6.45) is 1.37. The van der Waals surface area contributed by atoms with Crippen molar-refractivity contribution in [3.8, 4) is 6.07 Å². The van der Waals surface area contributed by atoms with E-state index in [0.29, 0.717) is 37.2 Å². The normalized spacial score (nSPS) is 15.0. The molecule has 2 heterocycles. The van der Waals surface area contributed by atoms with E-state index in [1.807, 2.05) is 6.07 Å². The van der Waals surface area contributed by atoms with Gasteiger partial charge in [-0.1, -0.05) is 0 Å². The third-order valence-electron chi connectivity index (χ3n) is 4.35. The average molecular weight is 331 g/mol. The molecule has 0 unspecified atom stereocenters. The fraction of sp³-hybridized carbons (Fsp3) is 0.562. The number of hydrogen-bond acceptors (Lipinski definition) is 5. The van der Waals surface area contributed by atoms with Crippen molar-refractivity contribution in [3.63, 3.8) is 0 Å². The highest BCUT2D eigenvalue weighted by atomic mass is 16.2. The molecule has 1 aliphatic heterocycles. The number of likely N-dealkylation sites (tertiary alicyclic amines) is 1. The van der Waals surface area contributed by atoms with Crippen molar-refractivity contribution in [2.45, 2.75) is 46.2 Å². The van der Waals surface area contributed by atoms with E-state index in [-0.39, 0.29) is 30.0 Å². The second-order valence-corrected chi connectivity index (χ2v) is 6.01. The summed E-state index contributed by atoms with van der Waals surface area (Å²) >= 11 is 0. The van der Waals surface area contributed by atoms with Crippen LogP contribution in [-0.2, 0) is 16.1 Å². The molecule has 1 aromatic heterocycles. The molecule has 0 spiro atoms. The van der Waals surface area contributed by atoms with Gasteiger partial charge in [-0.2, -0.15) is 10.4 Å². The van der Waals surface area contributed by atoms with Crippen molar-refractivity contribution >= 4 is 11.8 Å². The smallest absolute Gasteiger partial charge is 0.285 e. The molecule has 1 saturated heterocycles. The second-order valence-electron chi connectivity index (χ2n) is 6.01. The Bertz CT molecular complexity index is 754. The summed E-state index contributed by atoms with van der Waals surface area (Å²) < 4.78 is 1.03. The summed E-state index contributed by atoms with van der Waals surface area (Å²) in [5, 5.41) is 16.0. The summed E-state index contributed by atoms with van der Waals surface area (Å²) in [6.45, 7) is 5.89. The first-order valence-electron chi connectivity index (χ1n) is 7.86. The Kier molecular flexibility index (Phi) is 5.34. The van der Waals surface area contributed by atoms with E-state index in [2.05, 4.69) is 10.4 Å². The number of aromatic nitrogens is 2. The molecule has 128 valence electrons. The minimum atomic E-state index is -0.554. The van der Waals surface area contributed by atoms with Gasteiger partial charge in [0, 0.05) is 26.1 Å². The number of nitrogens with zero attached hydrogens (tertiary/aromatic N) is 4. The number of nitrogens with one attached hydrogen (secondary N) is 1. The topological polar surface area (TPSA) is 108 Å². The van der Waals surface area contributed by atoms with Crippen molar-refractivity contribution in [2.24, 2.45) is 0 Å². The lowest BCUT2D eigenvalue weighted by atomic mass is 10.1. The lowest BCUT2D eigenvalue weighted by Gasteiger charge is -2.31. The van der Waals surface area contributed by atoms with Crippen LogP contribution in [0.25, 0.3) is 0 Å². The van der Waals surface area contributed by atoms with Crippen LogP contribution >= 0.6 is 0 Å². The summed E-state index contributed by atoms with van der Waals surface area (Å²) in [4.78, 5) is 37.4. The number of carbonyl (C=O) groups is 2. The van der Waals surface area contributed by atoms with E-state index >= 15 is 0 Å². The molecular formula is C16H21N5O3. The highest BCUT2D eigenvalue weighted by Gasteiger charge is 2.22. The molecule has 0 radical (unpaired) electrons. The van der Waals surface area contributed by atoms with Gasteiger partial charge in [0.1, 0.15) is 18.2 Å². The fourth-order valence-corrected chi connectivity index (χ4v) is 2.76. The molecule has 2 rings (SSSR count). The van der Waals surface area contributed by atoms with E-state index in [4.69, 9.17) is 5.26 Å². The molecular weight excluding hydrogens is 310 g/mol. The third kappa shape index (κ3) is 3.79. The molecule has 8 heteroatoms. The Morgan fingerprint density at radius 2 is 1.96 bits per heavy atom. The molecule has 1 aromatic rings. The Labute approximate surface area is 140 Å². The van der Waals surface area contributed by atoms with Crippen LogP contribution in [0.15, 0.2) is 4.79 Å². The van der Waals surface area contributed by atoms with Crippen molar-refractivity contribution in [1.29, 1.82) is 5.26 Å². The number of rotatable bonds is 3. The molecule has 1 fully saturated rings. The molecule has 1 N–H and O–H groups in total. The van der Waals surface area contributed by atoms with Crippen molar-refractivity contribution in [1.82, 2.24) is 20.0 Å². The second kappa shape index (κ2) is 7.25. The maximum atomic E-state index is 12.2. The number of piperidine rings is 1. The zero-order valence-electron chi connectivity index (χ0n) is 14.1. The highest BCUT2D eigenvalue weighted by molar-refractivity contribution is 5.76. The quantitative estimate of drug-likeness (QED) is 0.829. The number of carbonyl (C=O) groups excluding carboxylic acids is 2. The van der Waals surface area contributed by atoms with Gasteiger partial charge in [0.05, 0.1) is 5.69 Å². The van der Waals surface area contributed by atoms with Gasteiger partial charge in [0.2, 0.25) is 11.8 Å². The van der Waals surface area contributed by atoms with E-state index < -0.39 is 5.56 Å². The Hall–Kier alpha value is -2.69. The predicted octanol–water partition coefficient (Wildman–Crippen LogP) is -0.141. The standard InChI is InChI=1S/C16H21N5O3/c1-10-11(2)19-21(16(24)14(10)8-17)9-15(23)18-13-4-6-20(7-5-13)12(3)22/h13H,4-7,9H2,1-3H3,(H,18,23). The first-order valence-corrected chi connectivity index (χ1v) is 7.86. The van der Waals surface area contributed by atoms with Crippen LogP contribution in [0, 0.1) is 25.2 Å². The van der Waals surface area contributed by atoms with Gasteiger partial charge >= 0.3 is 0 Å². The van der Waals surface area contributed by atoms with Gasteiger partial charge < -0.3 is 10.2 Å². The maximum absolute atomic E-state index is 12.2. The van der Waals surface area contributed by atoms with Crippen molar-refractivity contribution in [3.05, 3.63) is 27.2 Å². The minimum absolute atomic E-state index is 0.0186. The lowest BCUT2D eigenvalue weighted by molar-refractivity contribution is -0.130. The monoisotopic (exact) mass is 331 g/mol. The summed E-state index contributed by atoms with van der Waals surface area (Å²) in [6, 6.07) is 1.85. The Morgan fingerprint density at radius 3 is 2.50 bits per heavy atom. The third-order valence-corrected chi connectivity index (χ3v) is 4.35. The lowest BCUT2D eigenvalue weighted by Crippen LogP contribution is -2.47. The number of aryl methyl sites for hydroxylation is 1. The first-order chi connectivity index (χ1) is 11.3. The van der Waals surface area contributed by atoms with E-state index in [9.17, 15) is 14.4 Å². The van der Waals surface area contributed by atoms with E-state index in [1.54, 1.807) is 18.7 Å². The molecule has 2 amide bonds. The van der Waals surface area contributed by atoms with Crippen LogP contribution in [0.1, 0.15) is 36.6 Å². The molecule has 8 nitrogen and oxygen atoms in total. The van der Waals surface area contributed by atoms with Crippen molar-refractivity contribution < 1.29 is 9.59 Å². The fourth-order valence-electron chi connectivity index (χ4n) is 2.76. The molecule has 24 heavy (non-hydrogen) atoms. The Balaban J connectivity index is 2.02. The molecule has 0 aromatic carbocycles. The van der Waals surface area contributed by atoms with Crippen LogP contribution in [0.4, 0.5) is 0 Å². The van der Waals surface area contributed by atoms with Gasteiger partial charge in [-0.3, -0.25) is 14.4 Å². The van der Waals surface area contributed by atoms with E-state index in [1.165, 1.54) is 6.92 Å². The van der Waals surface area contributed by atoms with Crippen LogP contribution in [0.3, 0.4) is 0 Å². The number of nitriles is 1. The van der Waals surface area contributed by atoms with E-state index in [0.717, 1.165) is 4.68 Å². The molecule has 1 aliphatic rings. The number of hydrogen-bond donors (Lipinski definition) is 1. The zero-order valence-corrected chi connectivity index (χ0v) is 14.1. The zero-order chi connectivity index (χ0) is 17.9. The average Bonchev–Trinajstić information content (AvgIpc) is 2.53. The molecule has 0 saturated carbocycles. The summed E-state index contributed by atoms with van der Waals surface area (Å²) in [5.74, 6) is -0.285. The van der Waals surface area contributed by atoms with Gasteiger partial charge in [0.15, 0.2) is 0 Å². The van der Waals surface area contributed by atoms with Crippen LogP contribution in [-0.4, -0.2) is 45.6 Å². The highest BCUT2D eigenvalue weighted by Crippen LogP contribution is 2.10. The van der Waals surface area contributed by atoms with Gasteiger partial charge in [-0.05, 0) is 32.3 Å². The van der Waals surface area contributed by atoms with Gasteiger partial charge in [-0.25, -0.2) is 4.68 Å². The predicted molar refractivity (Wildman–Crippen MR) is 86.1 cm³/mol. The SMILES string of the molecule is CC(=O)N1CCC(NC(=O)Cn2nc(C)c(C)c(C#N)c2=O)CC1. The van der Waals surface area contributed by atoms with Gasteiger partial charge in [-0.15, -0.1) is 0 Å². The van der Waals surface area contributed by atoms with Gasteiger partial charge in [0.25, 0.3) is 5.56 Å². The summed E-state index contributed by atoms with van der Waals surface area (Å²) in [7, 11) is 0. The van der Waals surface area contributed by atoms with Crippen molar-refractivity contribution in [2.75, 3.05) is 13.1 Å². The molecule has 0 aliphatic carbocycles. The van der Waals surface area contributed by atoms with Crippen LogP contribution in [0.2, 0.25) is 0 Å². The largest absolute Gasteiger partial charge is 0.352 e. The minimum Gasteiger partial charge on any atom is -0.352 e. The Morgan fingerprint density at radius 1 is 1.33 bits per heavy atom. The summed E-state index contributed by atoms with van der Waals surface area (Å²) in [5.41, 5.74) is 0.552. The molecule has 0 bridgehead atoms. The number of amides is 2.